The lowest BCUT2D eigenvalue weighted by atomic mass is 9.95. The Morgan fingerprint density at radius 1 is 1.16 bits per heavy atom. The summed E-state index contributed by atoms with van der Waals surface area (Å²) in [5.74, 6) is 0. The fraction of sp³-hybridized carbons (Fsp3) is 0.412. The molecular formula is C17H22N2. The molecule has 2 nitrogen and oxygen atoms in total. The van der Waals surface area contributed by atoms with Gasteiger partial charge < -0.3 is 9.88 Å². The molecule has 1 aliphatic heterocycles. The summed E-state index contributed by atoms with van der Waals surface area (Å²) in [7, 11) is 0. The molecule has 0 aliphatic carbocycles. The largest absolute Gasteiger partial charge is 0.348 e. The number of hydrogen-bond acceptors (Lipinski definition) is 1. The number of hydrogen-bond donors (Lipinski definition) is 1. The van der Waals surface area contributed by atoms with E-state index in [1.54, 1.807) is 0 Å². The van der Waals surface area contributed by atoms with Crippen molar-refractivity contribution in [1.82, 2.24) is 9.88 Å². The quantitative estimate of drug-likeness (QED) is 0.889. The van der Waals surface area contributed by atoms with Crippen LogP contribution in [-0.2, 0) is 19.4 Å². The maximum absolute atomic E-state index is 3.65. The Kier molecular flexibility index (Phi) is 3.43. The molecule has 0 bridgehead atoms. The van der Waals surface area contributed by atoms with Crippen LogP contribution in [0.5, 0.6) is 0 Å². The second-order valence-electron chi connectivity index (χ2n) is 5.25. The van der Waals surface area contributed by atoms with Gasteiger partial charge in [-0.2, -0.15) is 0 Å². The Hall–Kier alpha value is -1.54. The van der Waals surface area contributed by atoms with Gasteiger partial charge in [-0.15, -0.1) is 0 Å². The van der Waals surface area contributed by atoms with Gasteiger partial charge in [0.25, 0.3) is 0 Å². The van der Waals surface area contributed by atoms with Crippen LogP contribution in [0.1, 0.15) is 42.3 Å². The van der Waals surface area contributed by atoms with Gasteiger partial charge in [0.1, 0.15) is 0 Å². The third-order valence-corrected chi connectivity index (χ3v) is 4.19. The van der Waals surface area contributed by atoms with Gasteiger partial charge in [0.05, 0.1) is 6.04 Å². The van der Waals surface area contributed by atoms with E-state index in [1.165, 1.54) is 22.4 Å². The first-order valence-electron chi connectivity index (χ1n) is 7.33. The smallest absolute Gasteiger partial charge is 0.0731 e. The van der Waals surface area contributed by atoms with E-state index < -0.39 is 0 Å². The number of benzene rings is 1. The SMILES string of the molecule is CCc1ccc(C2NCCn3cccc32)cc1CC. The Labute approximate surface area is 115 Å². The van der Waals surface area contributed by atoms with Gasteiger partial charge in [-0.3, -0.25) is 0 Å². The van der Waals surface area contributed by atoms with Crippen molar-refractivity contribution in [3.63, 3.8) is 0 Å². The van der Waals surface area contributed by atoms with Crippen LogP contribution in [0.2, 0.25) is 0 Å². The summed E-state index contributed by atoms with van der Waals surface area (Å²) in [4.78, 5) is 0. The minimum Gasteiger partial charge on any atom is -0.348 e. The number of nitrogens with zero attached hydrogens (tertiary/aromatic N) is 1. The predicted octanol–water partition coefficient (Wildman–Crippen LogP) is 3.31. The highest BCUT2D eigenvalue weighted by Crippen LogP contribution is 2.27. The fourth-order valence-corrected chi connectivity index (χ4v) is 3.11. The van der Waals surface area contributed by atoms with E-state index in [0.717, 1.165) is 25.9 Å². The molecule has 1 atom stereocenters. The van der Waals surface area contributed by atoms with Crippen molar-refractivity contribution in [1.29, 1.82) is 0 Å². The van der Waals surface area contributed by atoms with E-state index >= 15 is 0 Å². The summed E-state index contributed by atoms with van der Waals surface area (Å²) in [5.41, 5.74) is 5.76. The van der Waals surface area contributed by atoms with Crippen LogP contribution in [0.25, 0.3) is 0 Å². The summed E-state index contributed by atoms with van der Waals surface area (Å²) in [5, 5.41) is 3.65. The monoisotopic (exact) mass is 254 g/mol. The second kappa shape index (κ2) is 5.22. The van der Waals surface area contributed by atoms with E-state index in [1.807, 2.05) is 0 Å². The van der Waals surface area contributed by atoms with Crippen LogP contribution in [0.3, 0.4) is 0 Å². The van der Waals surface area contributed by atoms with Gasteiger partial charge in [0, 0.05) is 25.0 Å². The van der Waals surface area contributed by atoms with Crippen LogP contribution in [0.15, 0.2) is 36.5 Å². The maximum Gasteiger partial charge on any atom is 0.0731 e. The van der Waals surface area contributed by atoms with Gasteiger partial charge in [-0.25, -0.2) is 0 Å². The number of aryl methyl sites for hydroxylation is 2. The second-order valence-corrected chi connectivity index (χ2v) is 5.25. The lowest BCUT2D eigenvalue weighted by molar-refractivity contribution is 0.467. The zero-order valence-electron chi connectivity index (χ0n) is 11.8. The van der Waals surface area contributed by atoms with Gasteiger partial charge in [-0.1, -0.05) is 32.0 Å². The summed E-state index contributed by atoms with van der Waals surface area (Å²) >= 11 is 0. The van der Waals surface area contributed by atoms with Crippen LogP contribution in [-0.4, -0.2) is 11.1 Å². The van der Waals surface area contributed by atoms with E-state index in [-0.39, 0.29) is 0 Å². The van der Waals surface area contributed by atoms with Crippen molar-refractivity contribution in [2.45, 2.75) is 39.3 Å². The molecule has 3 rings (SSSR count). The zero-order valence-corrected chi connectivity index (χ0v) is 11.8. The topological polar surface area (TPSA) is 17.0 Å². The third kappa shape index (κ3) is 2.21. The molecule has 1 N–H and O–H groups in total. The Morgan fingerprint density at radius 2 is 2.00 bits per heavy atom. The molecule has 1 aromatic heterocycles. The summed E-state index contributed by atoms with van der Waals surface area (Å²) in [6.07, 6.45) is 4.42. The molecule has 2 aromatic rings. The minimum atomic E-state index is 0.347. The normalized spacial score (nSPS) is 18.3. The van der Waals surface area contributed by atoms with Crippen molar-refractivity contribution in [3.05, 3.63) is 58.9 Å². The number of fused-ring (bicyclic) bond motifs is 1. The van der Waals surface area contributed by atoms with E-state index in [4.69, 9.17) is 0 Å². The van der Waals surface area contributed by atoms with Crippen LogP contribution >= 0.6 is 0 Å². The third-order valence-electron chi connectivity index (χ3n) is 4.19. The Morgan fingerprint density at radius 3 is 2.79 bits per heavy atom. The highest BCUT2D eigenvalue weighted by atomic mass is 15.1. The number of aromatic nitrogens is 1. The van der Waals surface area contributed by atoms with Crippen molar-refractivity contribution in [3.8, 4) is 0 Å². The fourth-order valence-electron chi connectivity index (χ4n) is 3.11. The molecule has 0 radical (unpaired) electrons. The first kappa shape index (κ1) is 12.5. The van der Waals surface area contributed by atoms with Crippen LogP contribution < -0.4 is 5.32 Å². The standard InChI is InChI=1S/C17H22N2/c1-3-13-7-8-15(12-14(13)4-2)17-16-6-5-10-19(16)11-9-18-17/h5-8,10,12,17-18H,3-4,9,11H2,1-2H3. The predicted molar refractivity (Wildman–Crippen MR) is 79.5 cm³/mol. The molecule has 0 spiro atoms. The average Bonchev–Trinajstić information content (AvgIpc) is 2.94. The Balaban J connectivity index is 2.00. The number of nitrogens with one attached hydrogen (secondary N) is 1. The van der Waals surface area contributed by atoms with Gasteiger partial charge in [0.2, 0.25) is 0 Å². The zero-order chi connectivity index (χ0) is 13.2. The summed E-state index contributed by atoms with van der Waals surface area (Å²) < 4.78 is 2.36. The molecule has 100 valence electrons. The first-order chi connectivity index (χ1) is 9.33. The van der Waals surface area contributed by atoms with Crippen molar-refractivity contribution >= 4 is 0 Å². The minimum absolute atomic E-state index is 0.347. The summed E-state index contributed by atoms with van der Waals surface area (Å²) in [6.45, 7) is 6.60. The summed E-state index contributed by atoms with van der Waals surface area (Å²) in [6, 6.07) is 11.7. The van der Waals surface area contributed by atoms with E-state index in [0.29, 0.717) is 6.04 Å². The van der Waals surface area contributed by atoms with Crippen molar-refractivity contribution in [2.75, 3.05) is 6.54 Å². The maximum atomic E-state index is 3.65. The van der Waals surface area contributed by atoms with Crippen LogP contribution in [0.4, 0.5) is 0 Å². The lowest BCUT2D eigenvalue weighted by Crippen LogP contribution is -2.33. The molecule has 0 fully saturated rings. The van der Waals surface area contributed by atoms with Gasteiger partial charge >= 0.3 is 0 Å². The molecule has 1 unspecified atom stereocenters. The first-order valence-corrected chi connectivity index (χ1v) is 7.33. The molecule has 1 aromatic carbocycles. The molecule has 1 aliphatic rings. The molecule has 2 heteroatoms. The molecule has 0 amide bonds. The highest BCUT2D eigenvalue weighted by molar-refractivity contribution is 5.37. The van der Waals surface area contributed by atoms with Crippen LogP contribution in [0, 0.1) is 0 Å². The average molecular weight is 254 g/mol. The Bertz CT molecular complexity index is 568. The van der Waals surface area contributed by atoms with Crippen molar-refractivity contribution in [2.24, 2.45) is 0 Å². The highest BCUT2D eigenvalue weighted by Gasteiger charge is 2.21. The van der Waals surface area contributed by atoms with E-state index in [9.17, 15) is 0 Å². The van der Waals surface area contributed by atoms with Crippen molar-refractivity contribution < 1.29 is 0 Å². The molecular weight excluding hydrogens is 232 g/mol. The molecule has 0 saturated heterocycles. The molecule has 0 saturated carbocycles. The van der Waals surface area contributed by atoms with Gasteiger partial charge in [0.15, 0.2) is 0 Å². The van der Waals surface area contributed by atoms with E-state index in [2.05, 4.69) is 60.3 Å². The molecule has 19 heavy (non-hydrogen) atoms. The number of rotatable bonds is 3. The molecule has 2 heterocycles. The lowest BCUT2D eigenvalue weighted by Gasteiger charge is -2.27. The van der Waals surface area contributed by atoms with Gasteiger partial charge in [-0.05, 0) is 41.7 Å².